The third-order valence-electron chi connectivity index (χ3n) is 5.37. The standard InChI is InChI=1S/C21H24ClN5O2/c1-13-7-19(25-18-9-14(2)16(22)10-23-18)26-20(8-13)27-11-17(24-12-27)21(29)5-3-15(28)4-6-21/h7-12,15,28-29H,3-6H2,1-2H3,(H,23,25,26)/t15-,21+. The summed E-state index contributed by atoms with van der Waals surface area (Å²) < 4.78 is 1.80. The van der Waals surface area contributed by atoms with E-state index in [-0.39, 0.29) is 6.10 Å². The number of nitrogens with zero attached hydrogens (tertiary/aromatic N) is 4. The fourth-order valence-electron chi connectivity index (χ4n) is 3.61. The van der Waals surface area contributed by atoms with Crippen molar-refractivity contribution in [1.82, 2.24) is 19.5 Å². The van der Waals surface area contributed by atoms with Crippen LogP contribution in [0.15, 0.2) is 36.9 Å². The van der Waals surface area contributed by atoms with Gasteiger partial charge in [0.05, 0.1) is 16.8 Å². The SMILES string of the molecule is Cc1cc(Nc2cc(C)c(Cl)cn2)nc(-n2cnc([C@]3(O)CC[C@@H](O)CC3)c2)c1. The third kappa shape index (κ3) is 4.27. The van der Waals surface area contributed by atoms with E-state index in [0.717, 1.165) is 11.1 Å². The van der Waals surface area contributed by atoms with Crippen molar-refractivity contribution in [3.05, 3.63) is 58.8 Å². The average Bonchev–Trinajstić information content (AvgIpc) is 3.18. The number of aliphatic hydroxyl groups is 2. The van der Waals surface area contributed by atoms with Gasteiger partial charge in [-0.1, -0.05) is 11.6 Å². The lowest BCUT2D eigenvalue weighted by molar-refractivity contribution is -0.0389. The van der Waals surface area contributed by atoms with Gasteiger partial charge in [-0.2, -0.15) is 0 Å². The Labute approximate surface area is 174 Å². The smallest absolute Gasteiger partial charge is 0.140 e. The van der Waals surface area contributed by atoms with E-state index in [1.54, 1.807) is 17.1 Å². The molecule has 0 aliphatic heterocycles. The van der Waals surface area contributed by atoms with Crippen LogP contribution >= 0.6 is 11.6 Å². The molecule has 0 radical (unpaired) electrons. The number of pyridine rings is 2. The van der Waals surface area contributed by atoms with Crippen LogP contribution in [0, 0.1) is 13.8 Å². The van der Waals surface area contributed by atoms with Crippen molar-refractivity contribution in [3.8, 4) is 5.82 Å². The molecule has 0 bridgehead atoms. The number of hydrogen-bond donors (Lipinski definition) is 3. The minimum atomic E-state index is -1.000. The summed E-state index contributed by atoms with van der Waals surface area (Å²) in [5.41, 5.74) is 1.57. The van der Waals surface area contributed by atoms with Crippen molar-refractivity contribution >= 4 is 23.2 Å². The quantitative estimate of drug-likeness (QED) is 0.602. The Morgan fingerprint density at radius 3 is 2.62 bits per heavy atom. The summed E-state index contributed by atoms with van der Waals surface area (Å²) in [5, 5.41) is 24.5. The van der Waals surface area contributed by atoms with E-state index in [0.29, 0.717) is 53.9 Å². The highest BCUT2D eigenvalue weighted by Crippen LogP contribution is 2.36. The molecular formula is C21H24ClN5O2. The Morgan fingerprint density at radius 2 is 1.90 bits per heavy atom. The zero-order valence-electron chi connectivity index (χ0n) is 16.4. The first-order chi connectivity index (χ1) is 13.8. The molecule has 0 unspecified atom stereocenters. The summed E-state index contributed by atoms with van der Waals surface area (Å²) in [5.74, 6) is 2.01. The molecule has 0 amide bonds. The van der Waals surface area contributed by atoms with Crippen LogP contribution in [0.2, 0.25) is 5.02 Å². The number of nitrogens with one attached hydrogen (secondary N) is 1. The van der Waals surface area contributed by atoms with Gasteiger partial charge in [0.15, 0.2) is 0 Å². The molecule has 1 saturated carbocycles. The summed E-state index contributed by atoms with van der Waals surface area (Å²) in [6.45, 7) is 3.91. The van der Waals surface area contributed by atoms with E-state index >= 15 is 0 Å². The van der Waals surface area contributed by atoms with Crippen molar-refractivity contribution in [3.63, 3.8) is 0 Å². The molecule has 3 heterocycles. The van der Waals surface area contributed by atoms with Crippen LogP contribution in [0.3, 0.4) is 0 Å². The summed E-state index contributed by atoms with van der Waals surface area (Å²) in [7, 11) is 0. The minimum Gasteiger partial charge on any atom is -0.393 e. The van der Waals surface area contributed by atoms with Gasteiger partial charge in [-0.05, 0) is 68.9 Å². The van der Waals surface area contributed by atoms with Crippen LogP contribution in [0.5, 0.6) is 0 Å². The number of rotatable bonds is 4. The molecule has 0 atom stereocenters. The van der Waals surface area contributed by atoms with Gasteiger partial charge in [0.25, 0.3) is 0 Å². The first-order valence-corrected chi connectivity index (χ1v) is 10.0. The molecule has 7 nitrogen and oxygen atoms in total. The molecule has 3 aromatic heterocycles. The van der Waals surface area contributed by atoms with Gasteiger partial charge in [0.1, 0.15) is 29.4 Å². The number of halogens is 1. The fourth-order valence-corrected chi connectivity index (χ4v) is 3.71. The second-order valence-electron chi connectivity index (χ2n) is 7.76. The highest BCUT2D eigenvalue weighted by atomic mass is 35.5. The Hall–Kier alpha value is -2.48. The minimum absolute atomic E-state index is 0.338. The predicted molar refractivity (Wildman–Crippen MR) is 112 cm³/mol. The summed E-state index contributed by atoms with van der Waals surface area (Å²) in [6, 6.07) is 5.75. The van der Waals surface area contributed by atoms with E-state index in [2.05, 4.69) is 20.3 Å². The largest absolute Gasteiger partial charge is 0.393 e. The molecule has 1 aliphatic rings. The second kappa shape index (κ2) is 7.74. The first kappa shape index (κ1) is 19.8. The average molecular weight is 414 g/mol. The van der Waals surface area contributed by atoms with Crippen molar-refractivity contribution in [2.75, 3.05) is 5.32 Å². The van der Waals surface area contributed by atoms with Crippen molar-refractivity contribution in [2.45, 2.75) is 51.2 Å². The van der Waals surface area contributed by atoms with Crippen LogP contribution in [-0.2, 0) is 5.60 Å². The number of imidazole rings is 1. The predicted octanol–water partition coefficient (Wildman–Crippen LogP) is 3.80. The van der Waals surface area contributed by atoms with Gasteiger partial charge in [-0.15, -0.1) is 0 Å². The zero-order valence-corrected chi connectivity index (χ0v) is 17.2. The Morgan fingerprint density at radius 1 is 1.14 bits per heavy atom. The maximum Gasteiger partial charge on any atom is 0.140 e. The van der Waals surface area contributed by atoms with Crippen molar-refractivity contribution < 1.29 is 10.2 Å². The van der Waals surface area contributed by atoms with Crippen molar-refractivity contribution in [1.29, 1.82) is 0 Å². The molecule has 8 heteroatoms. The number of aromatic nitrogens is 4. The molecule has 1 aliphatic carbocycles. The van der Waals surface area contributed by atoms with E-state index in [1.807, 2.05) is 38.2 Å². The van der Waals surface area contributed by atoms with Crippen LogP contribution in [-0.4, -0.2) is 35.8 Å². The van der Waals surface area contributed by atoms with E-state index in [4.69, 9.17) is 11.6 Å². The molecule has 0 spiro atoms. The van der Waals surface area contributed by atoms with E-state index < -0.39 is 5.60 Å². The van der Waals surface area contributed by atoms with E-state index in [1.165, 1.54) is 0 Å². The summed E-state index contributed by atoms with van der Waals surface area (Å²) in [4.78, 5) is 13.4. The lowest BCUT2D eigenvalue weighted by atomic mass is 9.81. The molecule has 0 saturated heterocycles. The topological polar surface area (TPSA) is 96.1 Å². The molecular weight excluding hydrogens is 390 g/mol. The van der Waals surface area contributed by atoms with E-state index in [9.17, 15) is 10.2 Å². The summed E-state index contributed by atoms with van der Waals surface area (Å²) in [6.07, 6.45) is 6.90. The van der Waals surface area contributed by atoms with Gasteiger partial charge in [-0.3, -0.25) is 4.57 Å². The maximum atomic E-state index is 10.9. The highest BCUT2D eigenvalue weighted by molar-refractivity contribution is 6.31. The zero-order chi connectivity index (χ0) is 20.6. The molecule has 152 valence electrons. The lowest BCUT2D eigenvalue weighted by Gasteiger charge is -2.32. The van der Waals surface area contributed by atoms with Crippen LogP contribution in [0.25, 0.3) is 5.82 Å². The van der Waals surface area contributed by atoms with Gasteiger partial charge in [-0.25, -0.2) is 15.0 Å². The lowest BCUT2D eigenvalue weighted by Crippen LogP contribution is -2.33. The molecule has 3 aromatic rings. The normalized spacial score (nSPS) is 21.9. The molecule has 4 rings (SSSR count). The molecule has 29 heavy (non-hydrogen) atoms. The number of aliphatic hydroxyl groups excluding tert-OH is 1. The van der Waals surface area contributed by atoms with Gasteiger partial charge in [0.2, 0.25) is 0 Å². The molecule has 0 aromatic carbocycles. The van der Waals surface area contributed by atoms with Gasteiger partial charge >= 0.3 is 0 Å². The number of anilines is 2. The van der Waals surface area contributed by atoms with Crippen LogP contribution in [0.4, 0.5) is 11.6 Å². The van der Waals surface area contributed by atoms with Crippen LogP contribution in [0.1, 0.15) is 42.5 Å². The Balaban J connectivity index is 1.59. The second-order valence-corrected chi connectivity index (χ2v) is 8.17. The van der Waals surface area contributed by atoms with Crippen LogP contribution < -0.4 is 5.32 Å². The fraction of sp³-hybridized carbons (Fsp3) is 0.381. The van der Waals surface area contributed by atoms with Gasteiger partial charge in [0, 0.05) is 12.4 Å². The highest BCUT2D eigenvalue weighted by Gasteiger charge is 2.36. The summed E-state index contributed by atoms with van der Waals surface area (Å²) >= 11 is 6.05. The molecule has 1 fully saturated rings. The first-order valence-electron chi connectivity index (χ1n) is 9.65. The Kier molecular flexibility index (Phi) is 5.29. The molecule has 3 N–H and O–H groups in total. The number of hydrogen-bond acceptors (Lipinski definition) is 6. The number of aryl methyl sites for hydroxylation is 2. The Bertz CT molecular complexity index is 1030. The monoisotopic (exact) mass is 413 g/mol. The van der Waals surface area contributed by atoms with Gasteiger partial charge < -0.3 is 15.5 Å². The third-order valence-corrected chi connectivity index (χ3v) is 5.76. The maximum absolute atomic E-state index is 10.9. The van der Waals surface area contributed by atoms with Crippen molar-refractivity contribution in [2.24, 2.45) is 0 Å².